The van der Waals surface area contributed by atoms with E-state index < -0.39 is 0 Å². The quantitative estimate of drug-likeness (QED) is 0.754. The highest BCUT2D eigenvalue weighted by Crippen LogP contribution is 2.32. The largest absolute Gasteiger partial charge is 0.476 e. The normalized spacial score (nSPS) is 20.9. The van der Waals surface area contributed by atoms with E-state index >= 15 is 0 Å². The fourth-order valence-electron chi connectivity index (χ4n) is 1.79. The number of nitrogens with one attached hydrogen (secondary N) is 1. The zero-order valence-corrected chi connectivity index (χ0v) is 9.87. The molecule has 0 aliphatic carbocycles. The summed E-state index contributed by atoms with van der Waals surface area (Å²) in [4.78, 5) is 0. The summed E-state index contributed by atoms with van der Waals surface area (Å²) in [6.45, 7) is 8.16. The molecule has 4 heteroatoms. The van der Waals surface area contributed by atoms with Crippen LogP contribution in [0.15, 0.2) is 6.20 Å². The van der Waals surface area contributed by atoms with E-state index in [2.05, 4.69) is 31.2 Å². The van der Waals surface area contributed by atoms with Crippen LogP contribution in [0, 0.1) is 0 Å². The van der Waals surface area contributed by atoms with Crippen LogP contribution in [-0.2, 0) is 12.0 Å². The molecule has 2 rings (SSSR count). The van der Waals surface area contributed by atoms with Crippen molar-refractivity contribution in [3.63, 3.8) is 0 Å². The second-order valence-corrected chi connectivity index (χ2v) is 5.09. The molecule has 1 N–H and O–H groups in total. The second-order valence-electron chi connectivity index (χ2n) is 5.09. The number of hydrogen-bond donors (Lipinski definition) is 1. The van der Waals surface area contributed by atoms with Gasteiger partial charge in [0.2, 0.25) is 5.88 Å². The van der Waals surface area contributed by atoms with Crippen LogP contribution in [0.4, 0.5) is 0 Å². The number of hydrogen-bond acceptors (Lipinski definition) is 3. The molecule has 0 saturated carbocycles. The van der Waals surface area contributed by atoms with Gasteiger partial charge in [0.1, 0.15) is 6.61 Å². The third-order valence-electron chi connectivity index (χ3n) is 2.82. The number of aromatic nitrogens is 2. The van der Waals surface area contributed by atoms with Crippen LogP contribution >= 0.6 is 0 Å². The van der Waals surface area contributed by atoms with Crippen molar-refractivity contribution in [2.45, 2.75) is 38.8 Å². The Bertz CT molecular complexity index is 351. The summed E-state index contributed by atoms with van der Waals surface area (Å²) >= 11 is 0. The summed E-state index contributed by atoms with van der Waals surface area (Å²) < 4.78 is 7.71. The predicted molar refractivity (Wildman–Crippen MR) is 59.3 cm³/mol. The maximum Gasteiger partial charge on any atom is 0.215 e. The molecule has 0 fully saturated rings. The number of nitrogens with zero attached hydrogens (tertiary/aromatic N) is 2. The second kappa shape index (κ2) is 3.52. The Morgan fingerprint density at radius 2 is 2.27 bits per heavy atom. The molecular weight excluding hydrogens is 190 g/mol. The Hall–Kier alpha value is -1.03. The minimum Gasteiger partial charge on any atom is -0.476 e. The standard InChI is InChI=1S/C11H19N3O/c1-11(2,3)9-5-13-14-6-8(12-4)7-15-10(9)14/h5,8,12H,6-7H2,1-4H3/t8-/m1/s1. The minimum absolute atomic E-state index is 0.0973. The lowest BCUT2D eigenvalue weighted by molar-refractivity contribution is 0.185. The van der Waals surface area contributed by atoms with Crippen molar-refractivity contribution in [3.05, 3.63) is 11.8 Å². The zero-order chi connectivity index (χ0) is 11.1. The van der Waals surface area contributed by atoms with Gasteiger partial charge < -0.3 is 10.1 Å². The van der Waals surface area contributed by atoms with Gasteiger partial charge in [0.05, 0.1) is 18.8 Å². The van der Waals surface area contributed by atoms with Gasteiger partial charge in [-0.1, -0.05) is 20.8 Å². The summed E-state index contributed by atoms with van der Waals surface area (Å²) in [6, 6.07) is 0.366. The molecule has 0 bridgehead atoms. The van der Waals surface area contributed by atoms with E-state index in [9.17, 15) is 0 Å². The average Bonchev–Trinajstić information content (AvgIpc) is 2.59. The van der Waals surface area contributed by atoms with Crippen LogP contribution in [0.5, 0.6) is 5.88 Å². The molecule has 0 aromatic carbocycles. The Morgan fingerprint density at radius 3 is 2.87 bits per heavy atom. The van der Waals surface area contributed by atoms with E-state index in [1.807, 2.05) is 17.9 Å². The average molecular weight is 209 g/mol. The van der Waals surface area contributed by atoms with E-state index in [4.69, 9.17) is 4.74 Å². The Balaban J connectivity index is 2.30. The summed E-state index contributed by atoms with van der Waals surface area (Å²) in [6.07, 6.45) is 1.92. The van der Waals surface area contributed by atoms with Crippen molar-refractivity contribution in [3.8, 4) is 5.88 Å². The van der Waals surface area contributed by atoms with Gasteiger partial charge in [-0.05, 0) is 12.5 Å². The summed E-state index contributed by atoms with van der Waals surface area (Å²) in [5.74, 6) is 0.939. The van der Waals surface area contributed by atoms with Crippen LogP contribution < -0.4 is 10.1 Å². The number of rotatable bonds is 1. The van der Waals surface area contributed by atoms with Crippen molar-refractivity contribution in [2.75, 3.05) is 13.7 Å². The lowest BCUT2D eigenvalue weighted by Gasteiger charge is -2.26. The molecule has 15 heavy (non-hydrogen) atoms. The Labute approximate surface area is 90.6 Å². The van der Waals surface area contributed by atoms with Gasteiger partial charge in [-0.3, -0.25) is 0 Å². The van der Waals surface area contributed by atoms with Crippen LogP contribution in [0.2, 0.25) is 0 Å². The first kappa shape index (κ1) is 10.5. The molecule has 1 aliphatic rings. The Kier molecular flexibility index (Phi) is 2.46. The van der Waals surface area contributed by atoms with Gasteiger partial charge in [-0.25, -0.2) is 4.68 Å². The molecule has 1 aromatic rings. The van der Waals surface area contributed by atoms with E-state index in [1.54, 1.807) is 0 Å². The van der Waals surface area contributed by atoms with Crippen LogP contribution in [0.1, 0.15) is 26.3 Å². The van der Waals surface area contributed by atoms with Crippen molar-refractivity contribution in [1.29, 1.82) is 0 Å². The van der Waals surface area contributed by atoms with Gasteiger partial charge in [0.25, 0.3) is 0 Å². The highest BCUT2D eigenvalue weighted by molar-refractivity contribution is 5.32. The molecule has 4 nitrogen and oxygen atoms in total. The zero-order valence-electron chi connectivity index (χ0n) is 9.87. The first-order chi connectivity index (χ1) is 7.02. The molecular formula is C11H19N3O. The molecule has 0 unspecified atom stereocenters. The summed E-state index contributed by atoms with van der Waals surface area (Å²) in [5, 5.41) is 7.58. The van der Waals surface area contributed by atoms with Gasteiger partial charge in [-0.2, -0.15) is 5.10 Å². The Morgan fingerprint density at radius 1 is 1.53 bits per heavy atom. The molecule has 84 valence electrons. The van der Waals surface area contributed by atoms with E-state index in [0.717, 1.165) is 19.0 Å². The molecule has 1 atom stereocenters. The van der Waals surface area contributed by atoms with Crippen LogP contribution in [0.25, 0.3) is 0 Å². The maximum absolute atomic E-state index is 5.76. The van der Waals surface area contributed by atoms with Crippen LogP contribution in [0.3, 0.4) is 0 Å². The van der Waals surface area contributed by atoms with Gasteiger partial charge in [0, 0.05) is 5.56 Å². The molecule has 2 heterocycles. The summed E-state index contributed by atoms with van der Waals surface area (Å²) in [5.41, 5.74) is 1.29. The first-order valence-electron chi connectivity index (χ1n) is 5.38. The molecule has 0 saturated heterocycles. The molecule has 0 amide bonds. The van der Waals surface area contributed by atoms with E-state index in [-0.39, 0.29) is 5.41 Å². The smallest absolute Gasteiger partial charge is 0.215 e. The fraction of sp³-hybridized carbons (Fsp3) is 0.727. The van der Waals surface area contributed by atoms with E-state index in [0.29, 0.717) is 6.04 Å². The van der Waals surface area contributed by atoms with Gasteiger partial charge >= 0.3 is 0 Å². The van der Waals surface area contributed by atoms with Gasteiger partial charge in [0.15, 0.2) is 0 Å². The van der Waals surface area contributed by atoms with Crippen molar-refractivity contribution in [1.82, 2.24) is 15.1 Å². The third kappa shape index (κ3) is 1.86. The number of fused-ring (bicyclic) bond motifs is 1. The lowest BCUT2D eigenvalue weighted by atomic mass is 9.89. The number of likely N-dealkylation sites (N-methyl/N-ethyl adjacent to an activating group) is 1. The van der Waals surface area contributed by atoms with E-state index in [1.165, 1.54) is 5.56 Å². The maximum atomic E-state index is 5.76. The van der Waals surface area contributed by atoms with Gasteiger partial charge in [-0.15, -0.1) is 0 Å². The molecule has 1 aromatic heterocycles. The topological polar surface area (TPSA) is 39.1 Å². The monoisotopic (exact) mass is 209 g/mol. The van der Waals surface area contributed by atoms with Crippen molar-refractivity contribution in [2.24, 2.45) is 0 Å². The molecule has 1 aliphatic heterocycles. The number of ether oxygens (including phenoxy) is 1. The summed E-state index contributed by atoms with van der Waals surface area (Å²) in [7, 11) is 1.95. The minimum atomic E-state index is 0.0973. The predicted octanol–water partition coefficient (Wildman–Crippen LogP) is 1.16. The van der Waals surface area contributed by atoms with Crippen molar-refractivity contribution < 1.29 is 4.74 Å². The highest BCUT2D eigenvalue weighted by atomic mass is 16.5. The molecule has 0 spiro atoms. The highest BCUT2D eigenvalue weighted by Gasteiger charge is 2.27. The van der Waals surface area contributed by atoms with Crippen molar-refractivity contribution >= 4 is 0 Å². The fourth-order valence-corrected chi connectivity index (χ4v) is 1.79. The lowest BCUT2D eigenvalue weighted by Crippen LogP contribution is -2.40. The van der Waals surface area contributed by atoms with Crippen LogP contribution in [-0.4, -0.2) is 29.5 Å². The first-order valence-corrected chi connectivity index (χ1v) is 5.38. The third-order valence-corrected chi connectivity index (χ3v) is 2.82. The molecule has 0 radical (unpaired) electrons. The SMILES string of the molecule is CN[C@H]1COc2c(C(C)(C)C)cnn2C1.